The Morgan fingerprint density at radius 3 is 2.27 bits per heavy atom. The predicted octanol–water partition coefficient (Wildman–Crippen LogP) is 1.56. The molecule has 4 heteroatoms. The summed E-state index contributed by atoms with van der Waals surface area (Å²) in [7, 11) is -3.45. The first-order valence-corrected chi connectivity index (χ1v) is 6.50. The Balaban J connectivity index is 3.12. The number of nitrogens with two attached hydrogens (primary N) is 1. The van der Waals surface area contributed by atoms with E-state index < -0.39 is 15.4 Å². The van der Waals surface area contributed by atoms with Crippen molar-refractivity contribution in [1.82, 2.24) is 0 Å². The van der Waals surface area contributed by atoms with Gasteiger partial charge in [-0.15, -0.1) is 0 Å². The second kappa shape index (κ2) is 3.94. The highest BCUT2D eigenvalue weighted by Crippen LogP contribution is 2.26. The Morgan fingerprint density at radius 2 is 1.80 bits per heavy atom. The summed E-state index contributed by atoms with van der Waals surface area (Å²) in [6.45, 7) is 5.75. The van der Waals surface area contributed by atoms with E-state index in [2.05, 4.69) is 0 Å². The van der Waals surface area contributed by atoms with Crippen molar-refractivity contribution in [3.8, 4) is 0 Å². The van der Waals surface area contributed by atoms with Gasteiger partial charge >= 0.3 is 0 Å². The molecule has 84 valence electrons. The molecule has 0 bridgehead atoms. The van der Waals surface area contributed by atoms with Crippen LogP contribution in [0, 0.1) is 6.92 Å². The third-order valence-electron chi connectivity index (χ3n) is 2.44. The minimum Gasteiger partial charge on any atom is -0.229 e. The van der Waals surface area contributed by atoms with Crippen LogP contribution >= 0.6 is 0 Å². The van der Waals surface area contributed by atoms with E-state index in [1.807, 2.05) is 45.0 Å². The molecule has 0 aliphatic rings. The molecule has 2 N–H and O–H groups in total. The van der Waals surface area contributed by atoms with Crippen LogP contribution in [0.1, 0.15) is 25.0 Å². The molecule has 1 aromatic carbocycles. The second-order valence-corrected chi connectivity index (χ2v) is 6.12. The fourth-order valence-electron chi connectivity index (χ4n) is 1.91. The molecule has 0 aliphatic carbocycles. The van der Waals surface area contributed by atoms with Crippen LogP contribution in [0.4, 0.5) is 0 Å². The van der Waals surface area contributed by atoms with E-state index >= 15 is 0 Å². The van der Waals surface area contributed by atoms with Gasteiger partial charge in [-0.3, -0.25) is 0 Å². The van der Waals surface area contributed by atoms with Crippen molar-refractivity contribution in [3.63, 3.8) is 0 Å². The van der Waals surface area contributed by atoms with Gasteiger partial charge in [0.2, 0.25) is 10.0 Å². The normalized spacial score (nSPS) is 12.8. The molecule has 0 amide bonds. The minimum absolute atomic E-state index is 0.0369. The van der Waals surface area contributed by atoms with Gasteiger partial charge in [0.25, 0.3) is 0 Å². The first kappa shape index (κ1) is 12.2. The molecule has 0 saturated heterocycles. The zero-order chi connectivity index (χ0) is 11.7. The Kier molecular flexibility index (Phi) is 3.21. The Labute approximate surface area is 91.4 Å². The summed E-state index contributed by atoms with van der Waals surface area (Å²) in [5.74, 6) is -0.0369. The van der Waals surface area contributed by atoms with Crippen molar-refractivity contribution in [2.24, 2.45) is 5.14 Å². The monoisotopic (exact) mass is 227 g/mol. The van der Waals surface area contributed by atoms with E-state index in [9.17, 15) is 8.42 Å². The topological polar surface area (TPSA) is 60.2 Å². The smallest absolute Gasteiger partial charge is 0.209 e. The van der Waals surface area contributed by atoms with Crippen molar-refractivity contribution >= 4 is 10.0 Å². The molecule has 0 radical (unpaired) electrons. The first-order chi connectivity index (χ1) is 6.72. The van der Waals surface area contributed by atoms with Crippen LogP contribution in [-0.4, -0.2) is 14.2 Å². The molecule has 0 aliphatic heterocycles. The molecular weight excluding hydrogens is 210 g/mol. The predicted molar refractivity (Wildman–Crippen MR) is 62.2 cm³/mol. The van der Waals surface area contributed by atoms with Gasteiger partial charge < -0.3 is 0 Å². The standard InChI is InChI=1S/C11H17NO2S/c1-9-6-4-5-7-10(9)11(2,3)8-15(12,13)14/h4-7H,8H2,1-3H3,(H2,12,13,14). The lowest BCUT2D eigenvalue weighted by molar-refractivity contribution is 0.547. The summed E-state index contributed by atoms with van der Waals surface area (Å²) < 4.78 is 22.2. The zero-order valence-electron chi connectivity index (χ0n) is 9.32. The average Bonchev–Trinajstić information content (AvgIpc) is 1.99. The van der Waals surface area contributed by atoms with Gasteiger partial charge in [0, 0.05) is 5.41 Å². The van der Waals surface area contributed by atoms with Crippen molar-refractivity contribution in [2.45, 2.75) is 26.2 Å². The van der Waals surface area contributed by atoms with E-state index in [4.69, 9.17) is 5.14 Å². The third-order valence-corrected chi connectivity index (χ3v) is 3.56. The van der Waals surface area contributed by atoms with Crippen LogP contribution < -0.4 is 5.14 Å². The van der Waals surface area contributed by atoms with Crippen LogP contribution in [0.25, 0.3) is 0 Å². The third kappa shape index (κ3) is 3.32. The number of rotatable bonds is 3. The van der Waals surface area contributed by atoms with E-state index in [0.717, 1.165) is 11.1 Å². The molecule has 0 saturated carbocycles. The van der Waals surface area contributed by atoms with Crippen molar-refractivity contribution < 1.29 is 8.42 Å². The number of aryl methyl sites for hydroxylation is 1. The summed E-state index contributed by atoms with van der Waals surface area (Å²) in [5.41, 5.74) is 1.67. The summed E-state index contributed by atoms with van der Waals surface area (Å²) in [4.78, 5) is 0. The fraction of sp³-hybridized carbons (Fsp3) is 0.455. The molecular formula is C11H17NO2S. The number of benzene rings is 1. The van der Waals surface area contributed by atoms with E-state index in [1.165, 1.54) is 0 Å². The van der Waals surface area contributed by atoms with Gasteiger partial charge in [-0.05, 0) is 18.1 Å². The Morgan fingerprint density at radius 1 is 1.27 bits per heavy atom. The summed E-state index contributed by atoms with van der Waals surface area (Å²) >= 11 is 0. The van der Waals surface area contributed by atoms with Crippen molar-refractivity contribution in [3.05, 3.63) is 35.4 Å². The Bertz CT molecular complexity index is 449. The number of primary sulfonamides is 1. The van der Waals surface area contributed by atoms with Crippen LogP contribution in [0.5, 0.6) is 0 Å². The van der Waals surface area contributed by atoms with E-state index in [1.54, 1.807) is 0 Å². The summed E-state index contributed by atoms with van der Waals surface area (Å²) in [5, 5.41) is 5.08. The molecule has 0 atom stereocenters. The lowest BCUT2D eigenvalue weighted by atomic mass is 9.84. The quantitative estimate of drug-likeness (QED) is 0.852. The van der Waals surface area contributed by atoms with Crippen LogP contribution in [-0.2, 0) is 15.4 Å². The number of hydrogen-bond donors (Lipinski definition) is 1. The van der Waals surface area contributed by atoms with Gasteiger partial charge in [-0.25, -0.2) is 13.6 Å². The average molecular weight is 227 g/mol. The summed E-state index contributed by atoms with van der Waals surface area (Å²) in [6.07, 6.45) is 0. The molecule has 0 heterocycles. The van der Waals surface area contributed by atoms with Crippen LogP contribution in [0.2, 0.25) is 0 Å². The number of hydrogen-bond acceptors (Lipinski definition) is 2. The molecule has 0 aromatic heterocycles. The van der Waals surface area contributed by atoms with Gasteiger partial charge in [0.15, 0.2) is 0 Å². The molecule has 15 heavy (non-hydrogen) atoms. The van der Waals surface area contributed by atoms with Crippen molar-refractivity contribution in [2.75, 3.05) is 5.75 Å². The fourth-order valence-corrected chi connectivity index (χ4v) is 3.07. The van der Waals surface area contributed by atoms with Crippen molar-refractivity contribution in [1.29, 1.82) is 0 Å². The van der Waals surface area contributed by atoms with Gasteiger partial charge in [-0.2, -0.15) is 0 Å². The summed E-state index contributed by atoms with van der Waals surface area (Å²) in [6, 6.07) is 7.76. The van der Waals surface area contributed by atoms with Crippen LogP contribution in [0.15, 0.2) is 24.3 Å². The van der Waals surface area contributed by atoms with E-state index in [0.29, 0.717) is 0 Å². The van der Waals surface area contributed by atoms with E-state index in [-0.39, 0.29) is 5.75 Å². The molecule has 1 rings (SSSR count). The lowest BCUT2D eigenvalue weighted by Crippen LogP contribution is -2.32. The van der Waals surface area contributed by atoms with Gasteiger partial charge in [-0.1, -0.05) is 38.1 Å². The highest BCUT2D eigenvalue weighted by Gasteiger charge is 2.27. The zero-order valence-corrected chi connectivity index (χ0v) is 10.1. The number of sulfonamides is 1. The van der Waals surface area contributed by atoms with Gasteiger partial charge in [0.1, 0.15) is 0 Å². The Hall–Kier alpha value is -0.870. The molecule has 1 aromatic rings. The lowest BCUT2D eigenvalue weighted by Gasteiger charge is -2.25. The molecule has 0 unspecified atom stereocenters. The highest BCUT2D eigenvalue weighted by atomic mass is 32.2. The minimum atomic E-state index is -3.45. The van der Waals surface area contributed by atoms with Gasteiger partial charge in [0.05, 0.1) is 5.75 Å². The highest BCUT2D eigenvalue weighted by molar-refractivity contribution is 7.89. The molecule has 0 fully saturated rings. The van der Waals surface area contributed by atoms with Crippen LogP contribution in [0.3, 0.4) is 0 Å². The maximum atomic E-state index is 11.1. The first-order valence-electron chi connectivity index (χ1n) is 4.79. The molecule has 3 nitrogen and oxygen atoms in total. The largest absolute Gasteiger partial charge is 0.229 e. The second-order valence-electron chi connectivity index (χ2n) is 4.51. The maximum Gasteiger partial charge on any atom is 0.209 e. The SMILES string of the molecule is Cc1ccccc1C(C)(C)CS(N)(=O)=O. The molecule has 0 spiro atoms. The maximum absolute atomic E-state index is 11.1.